The standard InChI is InChI=1S/C14H20F3NO2/c1-2-12(18)9-11-5-3-4-6-13(11)20-8-7-19-10-14(15,16)17/h3-6,12H,2,7-10,18H2,1H3. The molecule has 20 heavy (non-hydrogen) atoms. The number of para-hydroxylation sites is 1. The van der Waals surface area contributed by atoms with Crippen LogP contribution in [0.3, 0.4) is 0 Å². The Labute approximate surface area is 116 Å². The summed E-state index contributed by atoms with van der Waals surface area (Å²) in [6.07, 6.45) is -2.77. The second kappa shape index (κ2) is 8.11. The van der Waals surface area contributed by atoms with Crippen LogP contribution in [0.1, 0.15) is 18.9 Å². The number of ether oxygens (including phenoxy) is 2. The Morgan fingerprint density at radius 3 is 2.55 bits per heavy atom. The predicted molar refractivity (Wildman–Crippen MR) is 70.8 cm³/mol. The molecule has 0 radical (unpaired) electrons. The summed E-state index contributed by atoms with van der Waals surface area (Å²) in [7, 11) is 0. The van der Waals surface area contributed by atoms with Gasteiger partial charge in [0.1, 0.15) is 19.0 Å². The zero-order chi connectivity index (χ0) is 15.0. The highest BCUT2D eigenvalue weighted by atomic mass is 19.4. The molecule has 0 aromatic heterocycles. The Bertz CT molecular complexity index is 396. The minimum atomic E-state index is -4.30. The lowest BCUT2D eigenvalue weighted by atomic mass is 10.0. The van der Waals surface area contributed by atoms with Crippen molar-refractivity contribution in [1.82, 2.24) is 0 Å². The van der Waals surface area contributed by atoms with E-state index in [0.29, 0.717) is 12.2 Å². The van der Waals surface area contributed by atoms with E-state index in [1.807, 2.05) is 25.1 Å². The lowest BCUT2D eigenvalue weighted by Crippen LogP contribution is -2.22. The summed E-state index contributed by atoms with van der Waals surface area (Å²) in [4.78, 5) is 0. The molecular weight excluding hydrogens is 271 g/mol. The van der Waals surface area contributed by atoms with E-state index < -0.39 is 12.8 Å². The van der Waals surface area contributed by atoms with Gasteiger partial charge in [0, 0.05) is 6.04 Å². The van der Waals surface area contributed by atoms with Crippen molar-refractivity contribution in [2.24, 2.45) is 5.73 Å². The normalized spacial score (nSPS) is 13.2. The minimum absolute atomic E-state index is 0.0428. The van der Waals surface area contributed by atoms with E-state index in [9.17, 15) is 13.2 Å². The third kappa shape index (κ3) is 6.77. The van der Waals surface area contributed by atoms with Gasteiger partial charge in [0.15, 0.2) is 0 Å². The van der Waals surface area contributed by atoms with Crippen LogP contribution in [-0.2, 0) is 11.2 Å². The fraction of sp³-hybridized carbons (Fsp3) is 0.571. The largest absolute Gasteiger partial charge is 0.491 e. The maximum atomic E-state index is 11.9. The van der Waals surface area contributed by atoms with Gasteiger partial charge < -0.3 is 15.2 Å². The Kier molecular flexibility index (Phi) is 6.81. The molecule has 0 saturated carbocycles. The highest BCUT2D eigenvalue weighted by Gasteiger charge is 2.27. The van der Waals surface area contributed by atoms with Crippen LogP contribution in [-0.4, -0.2) is 32.0 Å². The first kappa shape index (κ1) is 16.8. The van der Waals surface area contributed by atoms with E-state index in [2.05, 4.69) is 4.74 Å². The van der Waals surface area contributed by atoms with Crippen LogP contribution < -0.4 is 10.5 Å². The fourth-order valence-electron chi connectivity index (χ4n) is 1.64. The van der Waals surface area contributed by atoms with Gasteiger partial charge in [0.25, 0.3) is 0 Å². The molecule has 0 spiro atoms. The van der Waals surface area contributed by atoms with Gasteiger partial charge in [-0.2, -0.15) is 13.2 Å². The predicted octanol–water partition coefficient (Wildman–Crippen LogP) is 2.92. The second-order valence-electron chi connectivity index (χ2n) is 4.50. The molecule has 0 amide bonds. The minimum Gasteiger partial charge on any atom is -0.491 e. The zero-order valence-electron chi connectivity index (χ0n) is 11.5. The maximum absolute atomic E-state index is 11.9. The lowest BCUT2D eigenvalue weighted by Gasteiger charge is -2.14. The Morgan fingerprint density at radius 1 is 1.20 bits per heavy atom. The molecule has 0 bridgehead atoms. The van der Waals surface area contributed by atoms with Crippen LogP contribution in [0.4, 0.5) is 13.2 Å². The average Bonchev–Trinajstić information content (AvgIpc) is 2.38. The van der Waals surface area contributed by atoms with Crippen LogP contribution in [0, 0.1) is 0 Å². The average molecular weight is 291 g/mol. The van der Waals surface area contributed by atoms with Crippen molar-refractivity contribution in [1.29, 1.82) is 0 Å². The summed E-state index contributed by atoms with van der Waals surface area (Å²) in [5, 5.41) is 0. The van der Waals surface area contributed by atoms with Crippen molar-refractivity contribution >= 4 is 0 Å². The maximum Gasteiger partial charge on any atom is 0.411 e. The molecular formula is C14H20F3NO2. The number of benzene rings is 1. The molecule has 1 atom stereocenters. The summed E-state index contributed by atoms with van der Waals surface area (Å²) in [6, 6.07) is 7.42. The summed E-state index contributed by atoms with van der Waals surface area (Å²) >= 11 is 0. The summed E-state index contributed by atoms with van der Waals surface area (Å²) < 4.78 is 45.6. The summed E-state index contributed by atoms with van der Waals surface area (Å²) in [6.45, 7) is 0.722. The Hall–Kier alpha value is -1.27. The number of alkyl halides is 3. The topological polar surface area (TPSA) is 44.5 Å². The number of hydrogen-bond donors (Lipinski definition) is 1. The van der Waals surface area contributed by atoms with Crippen LogP contribution in [0.15, 0.2) is 24.3 Å². The fourth-order valence-corrected chi connectivity index (χ4v) is 1.64. The van der Waals surface area contributed by atoms with Crippen molar-refractivity contribution < 1.29 is 22.6 Å². The SMILES string of the molecule is CCC(N)Cc1ccccc1OCCOCC(F)(F)F. The van der Waals surface area contributed by atoms with Crippen molar-refractivity contribution in [2.75, 3.05) is 19.8 Å². The number of nitrogens with two attached hydrogens (primary N) is 1. The first-order valence-electron chi connectivity index (χ1n) is 6.53. The van der Waals surface area contributed by atoms with Crippen LogP contribution in [0.5, 0.6) is 5.75 Å². The van der Waals surface area contributed by atoms with E-state index >= 15 is 0 Å². The number of halogens is 3. The molecule has 6 heteroatoms. The van der Waals surface area contributed by atoms with Gasteiger partial charge in [-0.25, -0.2) is 0 Å². The molecule has 0 saturated heterocycles. The third-order valence-corrected chi connectivity index (χ3v) is 2.73. The van der Waals surface area contributed by atoms with Crippen molar-refractivity contribution in [2.45, 2.75) is 32.0 Å². The second-order valence-corrected chi connectivity index (χ2v) is 4.50. The van der Waals surface area contributed by atoms with E-state index in [4.69, 9.17) is 10.5 Å². The first-order valence-corrected chi connectivity index (χ1v) is 6.53. The number of hydrogen-bond acceptors (Lipinski definition) is 3. The third-order valence-electron chi connectivity index (χ3n) is 2.73. The molecule has 1 aromatic rings. The quantitative estimate of drug-likeness (QED) is 0.749. The van der Waals surface area contributed by atoms with Crippen LogP contribution >= 0.6 is 0 Å². The summed E-state index contributed by atoms with van der Waals surface area (Å²) in [5.74, 6) is 0.645. The van der Waals surface area contributed by atoms with E-state index in [1.54, 1.807) is 6.07 Å². The lowest BCUT2D eigenvalue weighted by molar-refractivity contribution is -0.175. The first-order chi connectivity index (χ1) is 9.42. The van der Waals surface area contributed by atoms with Gasteiger partial charge in [-0.05, 0) is 24.5 Å². The molecule has 0 aliphatic carbocycles. The van der Waals surface area contributed by atoms with Crippen molar-refractivity contribution in [3.05, 3.63) is 29.8 Å². The highest BCUT2D eigenvalue weighted by Crippen LogP contribution is 2.20. The molecule has 0 aliphatic heterocycles. The van der Waals surface area contributed by atoms with E-state index in [1.165, 1.54) is 0 Å². The van der Waals surface area contributed by atoms with Crippen molar-refractivity contribution in [3.63, 3.8) is 0 Å². The van der Waals surface area contributed by atoms with Crippen LogP contribution in [0.2, 0.25) is 0 Å². The van der Waals surface area contributed by atoms with E-state index in [0.717, 1.165) is 12.0 Å². The Balaban J connectivity index is 2.39. The molecule has 2 N–H and O–H groups in total. The van der Waals surface area contributed by atoms with Gasteiger partial charge in [-0.15, -0.1) is 0 Å². The van der Waals surface area contributed by atoms with Gasteiger partial charge in [0.2, 0.25) is 0 Å². The summed E-state index contributed by atoms with van der Waals surface area (Å²) in [5.41, 5.74) is 6.85. The molecule has 114 valence electrons. The van der Waals surface area contributed by atoms with Crippen LogP contribution in [0.25, 0.3) is 0 Å². The van der Waals surface area contributed by atoms with Gasteiger partial charge in [-0.3, -0.25) is 0 Å². The molecule has 0 aliphatic rings. The zero-order valence-corrected chi connectivity index (χ0v) is 11.5. The molecule has 1 rings (SSSR count). The smallest absolute Gasteiger partial charge is 0.411 e. The van der Waals surface area contributed by atoms with Gasteiger partial charge in [-0.1, -0.05) is 25.1 Å². The van der Waals surface area contributed by atoms with Gasteiger partial charge in [0.05, 0.1) is 6.61 Å². The monoisotopic (exact) mass is 291 g/mol. The molecule has 1 unspecified atom stereocenters. The molecule has 1 aromatic carbocycles. The Morgan fingerprint density at radius 2 is 1.90 bits per heavy atom. The van der Waals surface area contributed by atoms with Gasteiger partial charge >= 0.3 is 6.18 Å². The van der Waals surface area contributed by atoms with Crippen molar-refractivity contribution in [3.8, 4) is 5.75 Å². The highest BCUT2D eigenvalue weighted by molar-refractivity contribution is 5.33. The number of rotatable bonds is 8. The molecule has 0 heterocycles. The van der Waals surface area contributed by atoms with E-state index in [-0.39, 0.29) is 19.3 Å². The molecule has 0 fully saturated rings. The molecule has 3 nitrogen and oxygen atoms in total.